The van der Waals surface area contributed by atoms with Gasteiger partial charge in [-0.1, -0.05) is 18.2 Å². The van der Waals surface area contributed by atoms with Crippen LogP contribution in [-0.4, -0.2) is 23.0 Å². The summed E-state index contributed by atoms with van der Waals surface area (Å²) in [5.74, 6) is -2.34. The Morgan fingerprint density at radius 2 is 1.76 bits per heavy atom. The van der Waals surface area contributed by atoms with Gasteiger partial charge in [0, 0.05) is 13.1 Å². The van der Waals surface area contributed by atoms with Crippen LogP contribution in [-0.2, 0) is 13.1 Å². The molecule has 0 saturated heterocycles. The van der Waals surface area contributed by atoms with Crippen LogP contribution in [0.15, 0.2) is 42.5 Å². The van der Waals surface area contributed by atoms with Gasteiger partial charge in [0.1, 0.15) is 11.6 Å². The van der Waals surface area contributed by atoms with Gasteiger partial charge in [0.15, 0.2) is 0 Å². The number of halogens is 2. The van der Waals surface area contributed by atoms with Crippen molar-refractivity contribution in [2.75, 3.05) is 7.05 Å². The molecular weight excluding hydrogens is 276 g/mol. The molecule has 1 N–H and O–H groups in total. The summed E-state index contributed by atoms with van der Waals surface area (Å²) in [6, 6.07) is 10.3. The Morgan fingerprint density at radius 3 is 2.38 bits per heavy atom. The number of nitrogens with zero attached hydrogens (tertiary/aromatic N) is 1. The summed E-state index contributed by atoms with van der Waals surface area (Å²) in [6.45, 7) is 0.953. The third-order valence-electron chi connectivity index (χ3n) is 3.06. The van der Waals surface area contributed by atoms with E-state index < -0.39 is 11.8 Å². The van der Waals surface area contributed by atoms with Crippen LogP contribution < -0.4 is 0 Å². The molecule has 2 aromatic carbocycles. The molecule has 0 saturated carbocycles. The summed E-state index contributed by atoms with van der Waals surface area (Å²) < 4.78 is 26.4. The van der Waals surface area contributed by atoms with Gasteiger partial charge < -0.3 is 5.11 Å². The lowest BCUT2D eigenvalue weighted by Gasteiger charge is -2.17. The highest BCUT2D eigenvalue weighted by molar-refractivity contribution is 5.88. The largest absolute Gasteiger partial charge is 0.478 e. The summed E-state index contributed by atoms with van der Waals surface area (Å²) in [6.07, 6.45) is 0. The van der Waals surface area contributed by atoms with Gasteiger partial charge in [0.2, 0.25) is 0 Å². The maximum absolute atomic E-state index is 13.3. The average molecular weight is 291 g/mol. The lowest BCUT2D eigenvalue weighted by molar-refractivity contribution is 0.0691. The second kappa shape index (κ2) is 6.45. The van der Waals surface area contributed by atoms with Crippen LogP contribution in [0.2, 0.25) is 0 Å². The van der Waals surface area contributed by atoms with Crippen LogP contribution in [0.1, 0.15) is 21.5 Å². The maximum atomic E-state index is 13.3. The van der Waals surface area contributed by atoms with Crippen molar-refractivity contribution in [3.63, 3.8) is 0 Å². The molecule has 0 aliphatic heterocycles. The zero-order valence-corrected chi connectivity index (χ0v) is 11.5. The van der Waals surface area contributed by atoms with E-state index >= 15 is 0 Å². The standard InChI is InChI=1S/C16H15F2NO2/c1-19(9-11-3-2-4-13(17)7-11)10-12-5-6-15(18)14(8-12)16(20)21/h2-8H,9-10H2,1H3,(H,20,21). The van der Waals surface area contributed by atoms with Gasteiger partial charge in [-0.15, -0.1) is 0 Å². The molecule has 0 radical (unpaired) electrons. The lowest BCUT2D eigenvalue weighted by Crippen LogP contribution is -2.17. The van der Waals surface area contributed by atoms with Crippen molar-refractivity contribution in [2.24, 2.45) is 0 Å². The third-order valence-corrected chi connectivity index (χ3v) is 3.06. The quantitative estimate of drug-likeness (QED) is 0.919. The predicted octanol–water partition coefficient (Wildman–Crippen LogP) is 3.30. The van der Waals surface area contributed by atoms with Gasteiger partial charge in [0.25, 0.3) is 0 Å². The van der Waals surface area contributed by atoms with Crippen LogP contribution in [0.4, 0.5) is 8.78 Å². The van der Waals surface area contributed by atoms with Gasteiger partial charge in [-0.05, 0) is 42.4 Å². The van der Waals surface area contributed by atoms with E-state index in [4.69, 9.17) is 5.11 Å². The molecule has 0 fully saturated rings. The van der Waals surface area contributed by atoms with E-state index in [1.165, 1.54) is 18.2 Å². The van der Waals surface area contributed by atoms with E-state index in [1.807, 2.05) is 18.0 Å². The lowest BCUT2D eigenvalue weighted by atomic mass is 10.1. The van der Waals surface area contributed by atoms with Crippen molar-refractivity contribution < 1.29 is 18.7 Å². The van der Waals surface area contributed by atoms with E-state index in [1.54, 1.807) is 12.1 Å². The highest BCUT2D eigenvalue weighted by atomic mass is 19.1. The molecular formula is C16H15F2NO2. The number of aromatic carboxylic acids is 1. The van der Waals surface area contributed by atoms with Crippen LogP contribution in [0.5, 0.6) is 0 Å². The number of hydrogen-bond donors (Lipinski definition) is 1. The Bertz CT molecular complexity index is 658. The molecule has 2 rings (SSSR count). The van der Waals surface area contributed by atoms with E-state index in [0.29, 0.717) is 18.7 Å². The van der Waals surface area contributed by atoms with Gasteiger partial charge >= 0.3 is 5.97 Å². The number of benzene rings is 2. The fourth-order valence-corrected chi connectivity index (χ4v) is 2.15. The SMILES string of the molecule is CN(Cc1cccc(F)c1)Cc1ccc(F)c(C(=O)O)c1. The van der Waals surface area contributed by atoms with Crippen molar-refractivity contribution in [1.82, 2.24) is 4.90 Å². The van der Waals surface area contributed by atoms with Gasteiger partial charge in [-0.25, -0.2) is 13.6 Å². The molecule has 0 aliphatic rings. The summed E-state index contributed by atoms with van der Waals surface area (Å²) in [5.41, 5.74) is 1.16. The van der Waals surface area contributed by atoms with Crippen molar-refractivity contribution in [3.05, 3.63) is 70.8 Å². The topological polar surface area (TPSA) is 40.5 Å². The monoisotopic (exact) mass is 291 g/mol. The van der Waals surface area contributed by atoms with Gasteiger partial charge in [-0.2, -0.15) is 0 Å². The molecule has 3 nitrogen and oxygen atoms in total. The Labute approximate surface area is 121 Å². The van der Waals surface area contributed by atoms with Crippen LogP contribution in [0.3, 0.4) is 0 Å². The highest BCUT2D eigenvalue weighted by Crippen LogP contribution is 2.14. The molecule has 110 valence electrons. The molecule has 0 heterocycles. The first-order valence-electron chi connectivity index (χ1n) is 6.40. The second-order valence-corrected chi connectivity index (χ2v) is 4.92. The maximum Gasteiger partial charge on any atom is 0.338 e. The van der Waals surface area contributed by atoms with Gasteiger partial charge in [0.05, 0.1) is 5.56 Å². The summed E-state index contributed by atoms with van der Waals surface area (Å²) in [4.78, 5) is 12.8. The molecule has 0 amide bonds. The zero-order chi connectivity index (χ0) is 15.4. The molecule has 0 spiro atoms. The minimum absolute atomic E-state index is 0.296. The average Bonchev–Trinajstić information content (AvgIpc) is 2.40. The third kappa shape index (κ3) is 4.10. The molecule has 5 heteroatoms. The van der Waals surface area contributed by atoms with Crippen LogP contribution in [0.25, 0.3) is 0 Å². The van der Waals surface area contributed by atoms with Crippen LogP contribution in [0, 0.1) is 11.6 Å². The van der Waals surface area contributed by atoms with E-state index in [0.717, 1.165) is 11.6 Å². The number of carboxylic acids is 1. The first-order valence-corrected chi connectivity index (χ1v) is 6.40. The minimum Gasteiger partial charge on any atom is -0.478 e. The van der Waals surface area contributed by atoms with E-state index in [9.17, 15) is 13.6 Å². The highest BCUT2D eigenvalue weighted by Gasteiger charge is 2.11. The fourth-order valence-electron chi connectivity index (χ4n) is 2.15. The van der Waals surface area contributed by atoms with Crippen molar-refractivity contribution in [2.45, 2.75) is 13.1 Å². The number of carboxylic acid groups (broad SMARTS) is 1. The molecule has 0 atom stereocenters. The Kier molecular flexibility index (Phi) is 4.65. The fraction of sp³-hybridized carbons (Fsp3) is 0.188. The molecule has 21 heavy (non-hydrogen) atoms. The minimum atomic E-state index is -1.29. The number of hydrogen-bond acceptors (Lipinski definition) is 2. The zero-order valence-electron chi connectivity index (χ0n) is 11.5. The number of rotatable bonds is 5. The van der Waals surface area contributed by atoms with Gasteiger partial charge in [-0.3, -0.25) is 4.90 Å². The summed E-state index contributed by atoms with van der Waals surface area (Å²) in [5, 5.41) is 8.89. The normalized spacial score (nSPS) is 10.9. The van der Waals surface area contributed by atoms with Crippen molar-refractivity contribution in [1.29, 1.82) is 0 Å². The van der Waals surface area contributed by atoms with Crippen molar-refractivity contribution >= 4 is 5.97 Å². The first kappa shape index (κ1) is 15.1. The van der Waals surface area contributed by atoms with E-state index in [2.05, 4.69) is 0 Å². The Balaban J connectivity index is 2.07. The predicted molar refractivity (Wildman–Crippen MR) is 74.9 cm³/mol. The first-order chi connectivity index (χ1) is 9.95. The molecule has 0 aliphatic carbocycles. The molecule has 0 aromatic heterocycles. The Morgan fingerprint density at radius 1 is 1.10 bits per heavy atom. The molecule has 0 unspecified atom stereocenters. The number of carbonyl (C=O) groups is 1. The van der Waals surface area contributed by atoms with Crippen molar-refractivity contribution in [3.8, 4) is 0 Å². The molecule has 2 aromatic rings. The molecule has 0 bridgehead atoms. The Hall–Kier alpha value is -2.27. The second-order valence-electron chi connectivity index (χ2n) is 4.92. The summed E-state index contributed by atoms with van der Waals surface area (Å²) in [7, 11) is 1.83. The smallest absolute Gasteiger partial charge is 0.338 e. The van der Waals surface area contributed by atoms with Crippen LogP contribution >= 0.6 is 0 Å². The van der Waals surface area contributed by atoms with E-state index in [-0.39, 0.29) is 11.4 Å². The summed E-state index contributed by atoms with van der Waals surface area (Å²) >= 11 is 0.